The predicted octanol–water partition coefficient (Wildman–Crippen LogP) is 2.74. The molecule has 0 saturated carbocycles. The average molecular weight is 266 g/mol. The second-order valence-electron chi connectivity index (χ2n) is 4.47. The first-order valence-corrected chi connectivity index (χ1v) is 7.51. The molecule has 1 aromatic carbocycles. The van der Waals surface area contributed by atoms with Crippen LogP contribution in [0, 0.1) is 0 Å². The van der Waals surface area contributed by atoms with Crippen molar-refractivity contribution in [1.82, 2.24) is 5.32 Å². The molecule has 18 heavy (non-hydrogen) atoms. The Hall–Kier alpha value is -1.00. The number of amides is 1. The van der Waals surface area contributed by atoms with Crippen molar-refractivity contribution in [2.75, 3.05) is 18.1 Å². The SMILES string of the molecule is CSC(C)CNC(C)CC(=O)Nc1ccccc1. The lowest BCUT2D eigenvalue weighted by Crippen LogP contribution is -2.34. The Morgan fingerprint density at radius 2 is 1.94 bits per heavy atom. The molecule has 0 aliphatic heterocycles. The Labute approximate surface area is 114 Å². The van der Waals surface area contributed by atoms with Gasteiger partial charge in [-0.05, 0) is 25.3 Å². The second kappa shape index (κ2) is 8.16. The fourth-order valence-corrected chi connectivity index (χ4v) is 1.80. The summed E-state index contributed by atoms with van der Waals surface area (Å²) in [6, 6.07) is 9.75. The van der Waals surface area contributed by atoms with E-state index >= 15 is 0 Å². The van der Waals surface area contributed by atoms with E-state index in [1.54, 1.807) is 0 Å². The molecule has 1 amide bonds. The maximum atomic E-state index is 11.8. The number of rotatable bonds is 7. The highest BCUT2D eigenvalue weighted by Crippen LogP contribution is 2.07. The third-order valence-corrected chi connectivity index (χ3v) is 3.68. The van der Waals surface area contributed by atoms with Gasteiger partial charge in [-0.1, -0.05) is 25.1 Å². The molecule has 0 aromatic heterocycles. The van der Waals surface area contributed by atoms with Crippen molar-refractivity contribution >= 4 is 23.4 Å². The standard InChI is InChI=1S/C14H22N2OS/c1-11(15-10-12(2)18-3)9-14(17)16-13-7-5-4-6-8-13/h4-8,11-12,15H,9-10H2,1-3H3,(H,16,17). The molecule has 2 unspecified atom stereocenters. The van der Waals surface area contributed by atoms with Crippen LogP contribution in [0.2, 0.25) is 0 Å². The van der Waals surface area contributed by atoms with E-state index in [2.05, 4.69) is 23.8 Å². The van der Waals surface area contributed by atoms with Crippen LogP contribution in [-0.2, 0) is 4.79 Å². The average Bonchev–Trinajstić information content (AvgIpc) is 2.37. The predicted molar refractivity (Wildman–Crippen MR) is 80.1 cm³/mol. The normalized spacial score (nSPS) is 13.9. The van der Waals surface area contributed by atoms with E-state index < -0.39 is 0 Å². The molecule has 0 spiro atoms. The number of hydrogen-bond donors (Lipinski definition) is 2. The van der Waals surface area contributed by atoms with Crippen molar-refractivity contribution in [2.24, 2.45) is 0 Å². The monoisotopic (exact) mass is 266 g/mol. The van der Waals surface area contributed by atoms with Crippen LogP contribution in [0.15, 0.2) is 30.3 Å². The number of thioether (sulfide) groups is 1. The molecule has 1 aromatic rings. The first-order valence-electron chi connectivity index (χ1n) is 6.23. The van der Waals surface area contributed by atoms with Gasteiger partial charge in [0.25, 0.3) is 0 Å². The summed E-state index contributed by atoms with van der Waals surface area (Å²) in [5.74, 6) is 0.0537. The molecule has 100 valence electrons. The van der Waals surface area contributed by atoms with Crippen molar-refractivity contribution < 1.29 is 4.79 Å². The van der Waals surface area contributed by atoms with Gasteiger partial charge in [-0.25, -0.2) is 0 Å². The Balaban J connectivity index is 2.27. The quantitative estimate of drug-likeness (QED) is 0.797. The number of carbonyl (C=O) groups is 1. The number of nitrogens with one attached hydrogen (secondary N) is 2. The Morgan fingerprint density at radius 3 is 2.56 bits per heavy atom. The summed E-state index contributed by atoms with van der Waals surface area (Å²) in [5.41, 5.74) is 0.854. The van der Waals surface area contributed by atoms with Gasteiger partial charge >= 0.3 is 0 Å². The van der Waals surface area contributed by atoms with Crippen molar-refractivity contribution in [3.8, 4) is 0 Å². The van der Waals surface area contributed by atoms with Gasteiger partial charge in [0, 0.05) is 29.9 Å². The lowest BCUT2D eigenvalue weighted by molar-refractivity contribution is -0.116. The van der Waals surface area contributed by atoms with Crippen LogP contribution in [0.4, 0.5) is 5.69 Å². The molecule has 0 saturated heterocycles. The summed E-state index contributed by atoms with van der Waals surface area (Å²) in [7, 11) is 0. The Kier molecular flexibility index (Phi) is 6.83. The molecule has 0 radical (unpaired) electrons. The molecular formula is C14H22N2OS. The van der Waals surface area contributed by atoms with Crippen molar-refractivity contribution in [3.05, 3.63) is 30.3 Å². The van der Waals surface area contributed by atoms with Gasteiger partial charge in [-0.3, -0.25) is 4.79 Å². The molecule has 4 heteroatoms. The van der Waals surface area contributed by atoms with Crippen LogP contribution in [0.25, 0.3) is 0 Å². The van der Waals surface area contributed by atoms with Crippen molar-refractivity contribution in [3.63, 3.8) is 0 Å². The van der Waals surface area contributed by atoms with Gasteiger partial charge in [0.05, 0.1) is 0 Å². The number of benzene rings is 1. The summed E-state index contributed by atoms with van der Waals surface area (Å²) in [4.78, 5) is 11.8. The minimum Gasteiger partial charge on any atom is -0.326 e. The van der Waals surface area contributed by atoms with E-state index in [0.717, 1.165) is 12.2 Å². The van der Waals surface area contributed by atoms with Gasteiger partial charge in [0.2, 0.25) is 5.91 Å². The smallest absolute Gasteiger partial charge is 0.225 e. The van der Waals surface area contributed by atoms with E-state index in [0.29, 0.717) is 11.7 Å². The summed E-state index contributed by atoms with van der Waals surface area (Å²) in [5, 5.41) is 6.83. The van der Waals surface area contributed by atoms with Crippen LogP contribution in [0.1, 0.15) is 20.3 Å². The minimum absolute atomic E-state index is 0.0537. The zero-order valence-electron chi connectivity index (χ0n) is 11.3. The Bertz CT molecular complexity index is 356. The van der Waals surface area contributed by atoms with Crippen LogP contribution in [0.3, 0.4) is 0 Å². The molecule has 1 rings (SSSR count). The molecule has 0 heterocycles. The number of anilines is 1. The molecule has 0 bridgehead atoms. The van der Waals surface area contributed by atoms with E-state index in [1.807, 2.05) is 49.0 Å². The third kappa shape index (κ3) is 6.07. The topological polar surface area (TPSA) is 41.1 Å². The lowest BCUT2D eigenvalue weighted by atomic mass is 10.2. The second-order valence-corrected chi connectivity index (χ2v) is 5.75. The largest absolute Gasteiger partial charge is 0.326 e. The Morgan fingerprint density at radius 1 is 1.28 bits per heavy atom. The van der Waals surface area contributed by atoms with Crippen LogP contribution in [-0.4, -0.2) is 30.0 Å². The number of para-hydroxylation sites is 1. The highest BCUT2D eigenvalue weighted by Gasteiger charge is 2.09. The maximum absolute atomic E-state index is 11.8. The summed E-state index contributed by atoms with van der Waals surface area (Å²) < 4.78 is 0. The lowest BCUT2D eigenvalue weighted by Gasteiger charge is -2.16. The fraction of sp³-hybridized carbons (Fsp3) is 0.500. The molecule has 0 fully saturated rings. The molecule has 3 nitrogen and oxygen atoms in total. The zero-order chi connectivity index (χ0) is 13.4. The molecule has 2 N–H and O–H groups in total. The van der Waals surface area contributed by atoms with Crippen molar-refractivity contribution in [1.29, 1.82) is 0 Å². The van der Waals surface area contributed by atoms with Crippen LogP contribution < -0.4 is 10.6 Å². The first kappa shape index (κ1) is 15.1. The first-order chi connectivity index (χ1) is 8.61. The van der Waals surface area contributed by atoms with Gasteiger partial charge in [-0.2, -0.15) is 11.8 Å². The summed E-state index contributed by atoms with van der Waals surface area (Å²) >= 11 is 1.83. The minimum atomic E-state index is 0.0537. The summed E-state index contributed by atoms with van der Waals surface area (Å²) in [6.07, 6.45) is 2.59. The van der Waals surface area contributed by atoms with Gasteiger partial charge < -0.3 is 10.6 Å². The van der Waals surface area contributed by atoms with Crippen molar-refractivity contribution in [2.45, 2.75) is 31.6 Å². The molecular weight excluding hydrogens is 244 g/mol. The van der Waals surface area contributed by atoms with Gasteiger partial charge in [0.1, 0.15) is 0 Å². The van der Waals surface area contributed by atoms with E-state index in [4.69, 9.17) is 0 Å². The third-order valence-electron chi connectivity index (χ3n) is 2.71. The van der Waals surface area contributed by atoms with E-state index in [-0.39, 0.29) is 11.9 Å². The van der Waals surface area contributed by atoms with E-state index in [1.165, 1.54) is 0 Å². The number of hydrogen-bond acceptors (Lipinski definition) is 3. The molecule has 0 aliphatic carbocycles. The van der Waals surface area contributed by atoms with Crippen LogP contribution >= 0.6 is 11.8 Å². The highest BCUT2D eigenvalue weighted by molar-refractivity contribution is 7.99. The molecule has 0 aliphatic rings. The number of carbonyl (C=O) groups excluding carboxylic acids is 1. The zero-order valence-corrected chi connectivity index (χ0v) is 12.1. The fourth-order valence-electron chi connectivity index (χ4n) is 1.53. The van der Waals surface area contributed by atoms with Gasteiger partial charge in [0.15, 0.2) is 0 Å². The van der Waals surface area contributed by atoms with Crippen LogP contribution in [0.5, 0.6) is 0 Å². The maximum Gasteiger partial charge on any atom is 0.225 e. The summed E-state index contributed by atoms with van der Waals surface area (Å²) in [6.45, 7) is 5.15. The van der Waals surface area contributed by atoms with E-state index in [9.17, 15) is 4.79 Å². The molecule has 2 atom stereocenters. The highest BCUT2D eigenvalue weighted by atomic mass is 32.2. The van der Waals surface area contributed by atoms with Gasteiger partial charge in [-0.15, -0.1) is 0 Å².